The van der Waals surface area contributed by atoms with E-state index in [2.05, 4.69) is 11.9 Å². The zero-order chi connectivity index (χ0) is 15.5. The van der Waals surface area contributed by atoms with Gasteiger partial charge < -0.3 is 15.4 Å². The number of nitrogens with two attached hydrogens (primary N) is 1. The Hall–Kier alpha value is -1.36. The molecule has 0 saturated heterocycles. The van der Waals surface area contributed by atoms with Crippen LogP contribution < -0.4 is 5.73 Å². The van der Waals surface area contributed by atoms with E-state index in [1.54, 1.807) is 6.33 Å². The number of hydrogen-bond donors (Lipinski definition) is 2. The zero-order valence-electron chi connectivity index (χ0n) is 13.1. The Balaban J connectivity index is 2.10. The fraction of sp³-hybridized carbons (Fsp3) is 0.750. The van der Waals surface area contributed by atoms with E-state index in [0.717, 1.165) is 18.7 Å². The molecule has 0 radical (unpaired) electrons. The molecule has 0 aliphatic rings. The SMILES string of the molecule is CCCCCCCCCCn1cnc(C[C@H](N)C(=O)O)c1. The summed E-state index contributed by atoms with van der Waals surface area (Å²) in [5.74, 6) is -0.979. The molecular weight excluding hydrogens is 266 g/mol. The van der Waals surface area contributed by atoms with E-state index in [0.29, 0.717) is 6.42 Å². The van der Waals surface area contributed by atoms with Gasteiger partial charge in [0.05, 0.1) is 12.0 Å². The van der Waals surface area contributed by atoms with E-state index in [4.69, 9.17) is 10.8 Å². The summed E-state index contributed by atoms with van der Waals surface area (Å²) in [6.07, 6.45) is 14.4. The maximum atomic E-state index is 10.7. The minimum absolute atomic E-state index is 0.291. The summed E-state index contributed by atoms with van der Waals surface area (Å²) in [5.41, 5.74) is 6.25. The molecule has 0 unspecified atom stereocenters. The summed E-state index contributed by atoms with van der Waals surface area (Å²) in [5, 5.41) is 8.77. The number of aromatic nitrogens is 2. The lowest BCUT2D eigenvalue weighted by Gasteiger charge is -2.04. The molecule has 0 fully saturated rings. The van der Waals surface area contributed by atoms with Gasteiger partial charge >= 0.3 is 5.97 Å². The highest BCUT2D eigenvalue weighted by molar-refractivity contribution is 5.73. The van der Waals surface area contributed by atoms with Crippen molar-refractivity contribution in [2.45, 2.75) is 77.3 Å². The molecule has 1 atom stereocenters. The lowest BCUT2D eigenvalue weighted by atomic mass is 10.1. The second-order valence-electron chi connectivity index (χ2n) is 5.73. The lowest BCUT2D eigenvalue weighted by Crippen LogP contribution is -2.32. The molecule has 1 heterocycles. The first-order valence-electron chi connectivity index (χ1n) is 8.12. The van der Waals surface area contributed by atoms with Crippen LogP contribution in [-0.4, -0.2) is 26.7 Å². The third-order valence-corrected chi connectivity index (χ3v) is 3.70. The van der Waals surface area contributed by atoms with Crippen LogP contribution in [0.3, 0.4) is 0 Å². The van der Waals surface area contributed by atoms with E-state index in [-0.39, 0.29) is 0 Å². The lowest BCUT2D eigenvalue weighted by molar-refractivity contribution is -0.138. The van der Waals surface area contributed by atoms with Gasteiger partial charge in [-0.2, -0.15) is 0 Å². The van der Waals surface area contributed by atoms with Crippen LogP contribution in [-0.2, 0) is 17.8 Å². The van der Waals surface area contributed by atoms with Gasteiger partial charge in [0.1, 0.15) is 6.04 Å². The second kappa shape index (κ2) is 10.4. The van der Waals surface area contributed by atoms with Gasteiger partial charge in [-0.25, -0.2) is 4.98 Å². The summed E-state index contributed by atoms with van der Waals surface area (Å²) < 4.78 is 2.03. The highest BCUT2D eigenvalue weighted by atomic mass is 16.4. The summed E-state index contributed by atoms with van der Waals surface area (Å²) >= 11 is 0. The number of imidazole rings is 1. The Bertz CT molecular complexity index is 404. The number of unbranched alkanes of at least 4 members (excludes halogenated alkanes) is 7. The predicted octanol–water partition coefficient (Wildman–Crippen LogP) is 2.98. The van der Waals surface area contributed by atoms with E-state index in [9.17, 15) is 4.79 Å². The molecule has 1 aromatic rings. The molecule has 120 valence electrons. The van der Waals surface area contributed by atoms with Crippen LogP contribution in [0.2, 0.25) is 0 Å². The fourth-order valence-electron chi connectivity index (χ4n) is 2.37. The van der Waals surface area contributed by atoms with Gasteiger partial charge in [-0.3, -0.25) is 4.79 Å². The van der Waals surface area contributed by atoms with Gasteiger partial charge in [-0.15, -0.1) is 0 Å². The molecule has 0 bridgehead atoms. The molecule has 0 aliphatic heterocycles. The Kier molecular flexibility index (Phi) is 8.74. The number of rotatable bonds is 12. The van der Waals surface area contributed by atoms with E-state index >= 15 is 0 Å². The average Bonchev–Trinajstić information content (AvgIpc) is 2.89. The first kappa shape index (κ1) is 17.7. The number of nitrogens with zero attached hydrogens (tertiary/aromatic N) is 2. The normalized spacial score (nSPS) is 12.5. The first-order valence-corrected chi connectivity index (χ1v) is 8.12. The molecule has 0 saturated carbocycles. The average molecular weight is 295 g/mol. The van der Waals surface area contributed by atoms with Crippen molar-refractivity contribution in [3.8, 4) is 0 Å². The third kappa shape index (κ3) is 7.85. The van der Waals surface area contributed by atoms with Crippen LogP contribution in [0.1, 0.15) is 64.0 Å². The highest BCUT2D eigenvalue weighted by Crippen LogP contribution is 2.09. The zero-order valence-corrected chi connectivity index (χ0v) is 13.1. The monoisotopic (exact) mass is 295 g/mol. The summed E-state index contributed by atoms with van der Waals surface area (Å²) in [4.78, 5) is 14.9. The van der Waals surface area contributed by atoms with E-state index < -0.39 is 12.0 Å². The first-order chi connectivity index (χ1) is 10.1. The number of carboxylic acid groups (broad SMARTS) is 1. The Morgan fingerprint density at radius 2 is 1.86 bits per heavy atom. The van der Waals surface area contributed by atoms with Crippen LogP contribution in [0.15, 0.2) is 12.5 Å². The van der Waals surface area contributed by atoms with E-state index in [1.807, 2.05) is 10.8 Å². The molecule has 21 heavy (non-hydrogen) atoms. The minimum Gasteiger partial charge on any atom is -0.480 e. The number of aryl methyl sites for hydroxylation is 1. The number of carboxylic acids is 1. The van der Waals surface area contributed by atoms with Crippen molar-refractivity contribution in [3.63, 3.8) is 0 Å². The Morgan fingerprint density at radius 1 is 1.24 bits per heavy atom. The molecular formula is C16H29N3O2. The number of aliphatic carboxylic acids is 1. The van der Waals surface area contributed by atoms with Crippen molar-refractivity contribution in [2.75, 3.05) is 0 Å². The quantitative estimate of drug-likeness (QED) is 0.581. The topological polar surface area (TPSA) is 81.1 Å². The Labute approximate surface area is 127 Å². The maximum Gasteiger partial charge on any atom is 0.320 e. The van der Waals surface area contributed by atoms with Crippen LogP contribution in [0.25, 0.3) is 0 Å². The van der Waals surface area contributed by atoms with Crippen molar-refractivity contribution in [1.29, 1.82) is 0 Å². The molecule has 0 spiro atoms. The minimum atomic E-state index is -0.979. The summed E-state index contributed by atoms with van der Waals surface area (Å²) in [6.45, 7) is 3.19. The van der Waals surface area contributed by atoms with Gasteiger partial charge in [-0.05, 0) is 6.42 Å². The summed E-state index contributed by atoms with van der Waals surface area (Å²) in [7, 11) is 0. The van der Waals surface area contributed by atoms with Crippen molar-refractivity contribution < 1.29 is 9.90 Å². The number of carbonyl (C=O) groups is 1. The van der Waals surface area contributed by atoms with Crippen molar-refractivity contribution in [3.05, 3.63) is 18.2 Å². The van der Waals surface area contributed by atoms with Crippen LogP contribution in [0.4, 0.5) is 0 Å². The second-order valence-corrected chi connectivity index (χ2v) is 5.73. The van der Waals surface area contributed by atoms with Crippen molar-refractivity contribution >= 4 is 5.97 Å². The van der Waals surface area contributed by atoms with Gasteiger partial charge in [0, 0.05) is 19.2 Å². The third-order valence-electron chi connectivity index (χ3n) is 3.70. The Morgan fingerprint density at radius 3 is 2.48 bits per heavy atom. The predicted molar refractivity (Wildman–Crippen MR) is 84.2 cm³/mol. The molecule has 5 heteroatoms. The molecule has 0 aliphatic carbocycles. The fourth-order valence-corrected chi connectivity index (χ4v) is 2.37. The standard InChI is InChI=1S/C16H29N3O2/c1-2-3-4-5-6-7-8-9-10-19-12-14(18-13-19)11-15(17)16(20)21/h12-13,15H,2-11,17H2,1H3,(H,20,21)/t15-/m0/s1. The molecule has 0 aromatic carbocycles. The summed E-state index contributed by atoms with van der Waals surface area (Å²) in [6, 6.07) is -0.864. The van der Waals surface area contributed by atoms with Gasteiger partial charge in [0.25, 0.3) is 0 Å². The van der Waals surface area contributed by atoms with Gasteiger partial charge in [0.2, 0.25) is 0 Å². The molecule has 3 N–H and O–H groups in total. The van der Waals surface area contributed by atoms with Crippen LogP contribution >= 0.6 is 0 Å². The van der Waals surface area contributed by atoms with Crippen LogP contribution in [0.5, 0.6) is 0 Å². The maximum absolute atomic E-state index is 10.7. The number of hydrogen-bond acceptors (Lipinski definition) is 3. The van der Waals surface area contributed by atoms with Crippen LogP contribution in [0, 0.1) is 0 Å². The van der Waals surface area contributed by atoms with E-state index in [1.165, 1.54) is 44.9 Å². The highest BCUT2D eigenvalue weighted by Gasteiger charge is 2.13. The molecule has 1 aromatic heterocycles. The van der Waals surface area contributed by atoms with Crippen molar-refractivity contribution in [1.82, 2.24) is 9.55 Å². The molecule has 5 nitrogen and oxygen atoms in total. The molecule has 0 amide bonds. The van der Waals surface area contributed by atoms with Gasteiger partial charge in [0.15, 0.2) is 0 Å². The molecule has 1 rings (SSSR count). The smallest absolute Gasteiger partial charge is 0.320 e. The largest absolute Gasteiger partial charge is 0.480 e. The van der Waals surface area contributed by atoms with Gasteiger partial charge in [-0.1, -0.05) is 51.9 Å². The van der Waals surface area contributed by atoms with Crippen molar-refractivity contribution in [2.24, 2.45) is 5.73 Å².